The Morgan fingerprint density at radius 2 is 1.38 bits per heavy atom. The first-order valence-corrected chi connectivity index (χ1v) is 15.1. The summed E-state index contributed by atoms with van der Waals surface area (Å²) in [6.07, 6.45) is -9.82. The van der Waals surface area contributed by atoms with Crippen LogP contribution < -0.4 is 10.1 Å². The lowest BCUT2D eigenvalue weighted by Gasteiger charge is -2.39. The summed E-state index contributed by atoms with van der Waals surface area (Å²) in [6.45, 7) is -0.620. The lowest BCUT2D eigenvalue weighted by molar-refractivity contribution is -0.277. The zero-order valence-electron chi connectivity index (χ0n) is 27.6. The second-order valence-corrected chi connectivity index (χ2v) is 11.5. The van der Waals surface area contributed by atoms with Crippen LogP contribution in [0.1, 0.15) is 20.8 Å². The maximum Gasteiger partial charge on any atom is 0.508 e. The molecule has 0 radical (unpaired) electrons. The van der Waals surface area contributed by atoms with Crippen LogP contribution in [-0.4, -0.2) is 151 Å². The van der Waals surface area contributed by atoms with E-state index in [2.05, 4.69) is 5.32 Å². The number of carboxylic acids is 1. The first-order valence-electron chi connectivity index (χ1n) is 15.1. The number of hydrogen-bond acceptors (Lipinski definition) is 18. The molecule has 20 heteroatoms. The predicted octanol–water partition coefficient (Wildman–Crippen LogP) is -1.22. The van der Waals surface area contributed by atoms with Gasteiger partial charge in [-0.2, -0.15) is 0 Å². The molecule has 1 fully saturated rings. The van der Waals surface area contributed by atoms with Crippen LogP contribution in [0.4, 0.5) is 15.3 Å². The minimum absolute atomic E-state index is 0.0486. The maximum absolute atomic E-state index is 12.5. The van der Waals surface area contributed by atoms with Gasteiger partial charge in [0.25, 0.3) is 0 Å². The van der Waals surface area contributed by atoms with Gasteiger partial charge in [-0.3, -0.25) is 14.4 Å². The van der Waals surface area contributed by atoms with Gasteiger partial charge in [0.15, 0.2) is 0 Å². The fourth-order valence-electron chi connectivity index (χ4n) is 3.84. The first kappa shape index (κ1) is 41.9. The number of anilines is 1. The van der Waals surface area contributed by atoms with Gasteiger partial charge in [0.1, 0.15) is 74.0 Å². The second kappa shape index (κ2) is 19.8. The number of ether oxygens (including phenoxy) is 8. The van der Waals surface area contributed by atoms with Crippen LogP contribution in [0, 0.1) is 10.8 Å². The van der Waals surface area contributed by atoms with Crippen LogP contribution in [0.3, 0.4) is 0 Å². The standard InChI is InChI=1S/C30H43NO19/c1-4-44-26(40)30(3,16-48-28(42)46-14-29(2,13-33)25(38)39)15-47-27(41)45-10-9-43-12-20(34)31-17-5-7-18(8-6-17)49-24-23(37)22(36)21(35)19(11-32)50-24/h5-8,19,21-24,32-33,35-37H,4,9-16H2,1-3H3,(H,31,34)(H,38,39)/t19-,21+,22+,23-,24-,29?,30?/m1/s1. The van der Waals surface area contributed by atoms with Crippen LogP contribution in [0.25, 0.3) is 0 Å². The summed E-state index contributed by atoms with van der Waals surface area (Å²) in [5.74, 6) is -2.69. The van der Waals surface area contributed by atoms with Gasteiger partial charge in [-0.05, 0) is 45.0 Å². The van der Waals surface area contributed by atoms with E-state index in [4.69, 9.17) is 43.0 Å². The quantitative estimate of drug-likeness (QED) is 0.0500. The van der Waals surface area contributed by atoms with Crippen molar-refractivity contribution in [2.45, 2.75) is 51.5 Å². The third kappa shape index (κ3) is 12.5. The molecular weight excluding hydrogens is 678 g/mol. The number of nitrogens with one attached hydrogen (secondary N) is 1. The third-order valence-corrected chi connectivity index (χ3v) is 7.08. The minimum Gasteiger partial charge on any atom is -0.481 e. The van der Waals surface area contributed by atoms with Crippen LogP contribution in [-0.2, 0) is 47.5 Å². The molecule has 1 heterocycles. The molecule has 0 aliphatic carbocycles. The summed E-state index contributed by atoms with van der Waals surface area (Å²) < 4.78 is 40.3. The predicted molar refractivity (Wildman–Crippen MR) is 162 cm³/mol. The largest absolute Gasteiger partial charge is 0.508 e. The normalized spacial score (nSPS) is 22.5. The van der Waals surface area contributed by atoms with Gasteiger partial charge in [-0.15, -0.1) is 0 Å². The van der Waals surface area contributed by atoms with Gasteiger partial charge in [-0.25, -0.2) is 9.59 Å². The van der Waals surface area contributed by atoms with Gasteiger partial charge < -0.3 is 73.9 Å². The number of aliphatic hydroxyl groups is 5. The fraction of sp³-hybridized carbons (Fsp3) is 0.633. The highest BCUT2D eigenvalue weighted by Gasteiger charge is 2.45. The Morgan fingerprint density at radius 1 is 0.800 bits per heavy atom. The van der Waals surface area contributed by atoms with Crippen molar-refractivity contribution >= 4 is 35.8 Å². The Balaban J connectivity index is 1.73. The number of aliphatic carboxylic acids is 1. The van der Waals surface area contributed by atoms with E-state index in [9.17, 15) is 49.5 Å². The Bertz CT molecular complexity index is 1280. The number of aliphatic hydroxyl groups excluding tert-OH is 5. The molecule has 1 amide bonds. The summed E-state index contributed by atoms with van der Waals surface area (Å²) in [6, 6.07) is 5.78. The molecule has 1 aromatic rings. The molecule has 0 bridgehead atoms. The molecule has 282 valence electrons. The van der Waals surface area contributed by atoms with Gasteiger partial charge in [0, 0.05) is 5.69 Å². The fourth-order valence-corrected chi connectivity index (χ4v) is 3.84. The molecule has 1 aliphatic heterocycles. The van der Waals surface area contributed by atoms with Crippen LogP contribution in [0.15, 0.2) is 24.3 Å². The van der Waals surface area contributed by atoms with Crippen molar-refractivity contribution in [1.82, 2.24) is 0 Å². The Kier molecular flexibility index (Phi) is 16.6. The minimum atomic E-state index is -1.78. The molecule has 1 saturated heterocycles. The number of hydrogen-bond donors (Lipinski definition) is 7. The van der Waals surface area contributed by atoms with Gasteiger partial charge in [0.05, 0.1) is 26.4 Å². The van der Waals surface area contributed by atoms with Crippen molar-refractivity contribution in [3.63, 3.8) is 0 Å². The van der Waals surface area contributed by atoms with Crippen molar-refractivity contribution < 1.29 is 92.5 Å². The topological polar surface area (TPSA) is 293 Å². The van der Waals surface area contributed by atoms with E-state index in [1.54, 1.807) is 0 Å². The number of carboxylic acid groups (broad SMARTS) is 1. The molecule has 2 unspecified atom stereocenters. The van der Waals surface area contributed by atoms with Crippen LogP contribution >= 0.6 is 0 Å². The summed E-state index contributed by atoms with van der Waals surface area (Å²) in [5.41, 5.74) is -3.15. The van der Waals surface area contributed by atoms with E-state index < -0.39 is 111 Å². The number of esters is 1. The maximum atomic E-state index is 12.5. The Morgan fingerprint density at radius 3 is 1.92 bits per heavy atom. The van der Waals surface area contributed by atoms with Crippen molar-refractivity contribution in [3.8, 4) is 5.75 Å². The number of benzene rings is 1. The average Bonchev–Trinajstić information content (AvgIpc) is 3.09. The van der Waals surface area contributed by atoms with Crippen molar-refractivity contribution in [1.29, 1.82) is 0 Å². The average molecular weight is 722 g/mol. The molecule has 0 aromatic heterocycles. The zero-order chi connectivity index (χ0) is 37.5. The molecular formula is C30H43NO19. The monoisotopic (exact) mass is 721 g/mol. The molecule has 1 aliphatic rings. The highest BCUT2D eigenvalue weighted by molar-refractivity contribution is 5.91. The molecule has 7 atom stereocenters. The van der Waals surface area contributed by atoms with Crippen molar-refractivity contribution in [3.05, 3.63) is 24.3 Å². The highest BCUT2D eigenvalue weighted by atomic mass is 16.7. The smallest absolute Gasteiger partial charge is 0.481 e. The van der Waals surface area contributed by atoms with E-state index in [-0.39, 0.29) is 25.6 Å². The highest BCUT2D eigenvalue weighted by Crippen LogP contribution is 2.26. The van der Waals surface area contributed by atoms with Crippen molar-refractivity contribution in [2.24, 2.45) is 10.8 Å². The molecule has 20 nitrogen and oxygen atoms in total. The van der Waals surface area contributed by atoms with E-state index in [1.165, 1.54) is 38.1 Å². The molecule has 0 spiro atoms. The lowest BCUT2D eigenvalue weighted by atomic mass is 9.93. The van der Waals surface area contributed by atoms with E-state index in [0.717, 1.165) is 6.92 Å². The molecule has 2 rings (SSSR count). The van der Waals surface area contributed by atoms with Gasteiger partial charge >= 0.3 is 24.2 Å². The van der Waals surface area contributed by atoms with Gasteiger partial charge in [0.2, 0.25) is 12.2 Å². The van der Waals surface area contributed by atoms with Crippen molar-refractivity contribution in [2.75, 3.05) is 64.8 Å². The Hall–Kier alpha value is -4.31. The third-order valence-electron chi connectivity index (χ3n) is 7.08. The number of carbonyl (C=O) groups excluding carboxylic acids is 4. The van der Waals surface area contributed by atoms with E-state index in [1.807, 2.05) is 0 Å². The second-order valence-electron chi connectivity index (χ2n) is 11.5. The summed E-state index contributed by atoms with van der Waals surface area (Å²) >= 11 is 0. The van der Waals surface area contributed by atoms with Crippen LogP contribution in [0.5, 0.6) is 5.75 Å². The van der Waals surface area contributed by atoms with Gasteiger partial charge in [-0.1, -0.05) is 0 Å². The summed E-state index contributed by atoms with van der Waals surface area (Å²) in [7, 11) is 0. The summed E-state index contributed by atoms with van der Waals surface area (Å²) in [4.78, 5) is 60.0. The number of amides is 1. The van der Waals surface area contributed by atoms with Crippen LogP contribution in [0.2, 0.25) is 0 Å². The Labute approximate surface area is 285 Å². The number of carbonyl (C=O) groups is 5. The molecule has 7 N–H and O–H groups in total. The summed E-state index contributed by atoms with van der Waals surface area (Å²) in [5, 5.41) is 60.0. The molecule has 1 aromatic carbocycles. The van der Waals surface area contributed by atoms with E-state index >= 15 is 0 Å². The zero-order valence-corrected chi connectivity index (χ0v) is 27.6. The SMILES string of the molecule is CCOC(=O)C(C)(COC(=O)OCCOCC(=O)Nc1ccc(O[C@@H]2O[C@H](CO)[C@H](O)[C@H](O)[C@H]2O)cc1)COC(=O)OCC(C)(CO)C(=O)O. The van der Waals surface area contributed by atoms with E-state index in [0.29, 0.717) is 5.69 Å². The first-order chi connectivity index (χ1) is 23.6. The molecule has 0 saturated carbocycles. The molecule has 50 heavy (non-hydrogen) atoms. The lowest BCUT2D eigenvalue weighted by Crippen LogP contribution is -2.60. The number of rotatable bonds is 19.